The lowest BCUT2D eigenvalue weighted by Crippen LogP contribution is -2.25. The molecule has 1 N–H and O–H groups in total. The zero-order chi connectivity index (χ0) is 12.6. The minimum Gasteiger partial charge on any atom is -0.356 e. The van der Waals surface area contributed by atoms with Gasteiger partial charge in [-0.2, -0.15) is 4.98 Å². The first kappa shape index (κ1) is 13.1. The molecule has 100 valence electrons. The van der Waals surface area contributed by atoms with Crippen LogP contribution in [0.5, 0.6) is 0 Å². The van der Waals surface area contributed by atoms with Crippen molar-refractivity contribution < 1.29 is 0 Å². The summed E-state index contributed by atoms with van der Waals surface area (Å²) in [6, 6.07) is 2.02. The van der Waals surface area contributed by atoms with Crippen molar-refractivity contribution in [3.05, 3.63) is 12.3 Å². The summed E-state index contributed by atoms with van der Waals surface area (Å²) in [5.41, 5.74) is 0. The molecule has 1 aliphatic rings. The van der Waals surface area contributed by atoms with E-state index in [0.29, 0.717) is 0 Å². The Morgan fingerprint density at radius 3 is 2.72 bits per heavy atom. The number of rotatable bonds is 5. The fourth-order valence-electron chi connectivity index (χ4n) is 2.29. The van der Waals surface area contributed by atoms with Gasteiger partial charge < -0.3 is 10.2 Å². The van der Waals surface area contributed by atoms with E-state index in [-0.39, 0.29) is 0 Å². The third kappa shape index (κ3) is 3.86. The first-order chi connectivity index (χ1) is 8.90. The van der Waals surface area contributed by atoms with E-state index in [9.17, 15) is 0 Å². The molecule has 1 aromatic rings. The highest BCUT2D eigenvalue weighted by Crippen LogP contribution is 2.17. The number of aromatic nitrogens is 2. The van der Waals surface area contributed by atoms with Crippen LogP contribution in [0.25, 0.3) is 0 Å². The molecule has 4 heteroatoms. The van der Waals surface area contributed by atoms with E-state index in [4.69, 9.17) is 0 Å². The predicted molar refractivity (Wildman–Crippen MR) is 76.1 cm³/mol. The molecular formula is C14H24N4. The minimum absolute atomic E-state index is 0.769. The summed E-state index contributed by atoms with van der Waals surface area (Å²) in [5.74, 6) is 1.84. The first-order valence-electron chi connectivity index (χ1n) is 7.22. The second-order valence-electron chi connectivity index (χ2n) is 4.92. The van der Waals surface area contributed by atoms with Gasteiger partial charge in [-0.1, -0.05) is 26.2 Å². The van der Waals surface area contributed by atoms with E-state index in [1.165, 1.54) is 32.1 Å². The lowest BCUT2D eigenvalue weighted by atomic mass is 10.2. The van der Waals surface area contributed by atoms with Crippen LogP contribution in [-0.4, -0.2) is 29.6 Å². The van der Waals surface area contributed by atoms with Gasteiger partial charge in [-0.25, -0.2) is 4.98 Å². The molecule has 1 saturated heterocycles. The SMILES string of the molecule is CCCCNc1nccc(N2CCCCCC2)n1. The van der Waals surface area contributed by atoms with E-state index in [2.05, 4.69) is 27.1 Å². The summed E-state index contributed by atoms with van der Waals surface area (Å²) in [6.07, 6.45) is 9.48. The molecule has 1 aliphatic heterocycles. The monoisotopic (exact) mass is 248 g/mol. The summed E-state index contributed by atoms with van der Waals surface area (Å²) in [7, 11) is 0. The smallest absolute Gasteiger partial charge is 0.224 e. The molecule has 0 unspecified atom stereocenters. The van der Waals surface area contributed by atoms with Crippen molar-refractivity contribution in [1.82, 2.24) is 9.97 Å². The fourth-order valence-corrected chi connectivity index (χ4v) is 2.29. The van der Waals surface area contributed by atoms with Crippen LogP contribution in [-0.2, 0) is 0 Å². The van der Waals surface area contributed by atoms with Crippen molar-refractivity contribution >= 4 is 11.8 Å². The van der Waals surface area contributed by atoms with Crippen LogP contribution in [0.4, 0.5) is 11.8 Å². The van der Waals surface area contributed by atoms with Crippen molar-refractivity contribution in [3.8, 4) is 0 Å². The van der Waals surface area contributed by atoms with E-state index < -0.39 is 0 Å². The van der Waals surface area contributed by atoms with Gasteiger partial charge in [0, 0.05) is 25.8 Å². The lowest BCUT2D eigenvalue weighted by Gasteiger charge is -2.21. The Balaban J connectivity index is 1.96. The molecule has 0 amide bonds. The topological polar surface area (TPSA) is 41.1 Å². The van der Waals surface area contributed by atoms with Gasteiger partial charge >= 0.3 is 0 Å². The molecule has 0 aromatic carbocycles. The lowest BCUT2D eigenvalue weighted by molar-refractivity contribution is 0.726. The van der Waals surface area contributed by atoms with Crippen LogP contribution in [0, 0.1) is 0 Å². The Morgan fingerprint density at radius 2 is 2.00 bits per heavy atom. The third-order valence-electron chi connectivity index (χ3n) is 3.38. The molecule has 4 nitrogen and oxygen atoms in total. The van der Waals surface area contributed by atoms with Gasteiger partial charge in [0.15, 0.2) is 0 Å². The highest BCUT2D eigenvalue weighted by Gasteiger charge is 2.11. The molecule has 0 aliphatic carbocycles. The second kappa shape index (κ2) is 7.19. The molecule has 2 heterocycles. The maximum absolute atomic E-state index is 4.61. The normalized spacial score (nSPS) is 16.4. The molecule has 0 bridgehead atoms. The van der Waals surface area contributed by atoms with Gasteiger partial charge in [-0.3, -0.25) is 0 Å². The maximum atomic E-state index is 4.61. The molecule has 2 rings (SSSR count). The van der Waals surface area contributed by atoms with E-state index in [1.807, 2.05) is 12.3 Å². The van der Waals surface area contributed by atoms with Gasteiger partial charge in [0.1, 0.15) is 5.82 Å². The summed E-state index contributed by atoms with van der Waals surface area (Å²) >= 11 is 0. The first-order valence-corrected chi connectivity index (χ1v) is 7.22. The highest BCUT2D eigenvalue weighted by atomic mass is 15.2. The number of hydrogen-bond donors (Lipinski definition) is 1. The van der Waals surface area contributed by atoms with Crippen LogP contribution in [0.2, 0.25) is 0 Å². The second-order valence-corrected chi connectivity index (χ2v) is 4.92. The molecule has 0 atom stereocenters. The van der Waals surface area contributed by atoms with E-state index in [0.717, 1.165) is 37.8 Å². The molecular weight excluding hydrogens is 224 g/mol. The average molecular weight is 248 g/mol. The van der Waals surface area contributed by atoms with Crippen LogP contribution in [0.1, 0.15) is 45.4 Å². The van der Waals surface area contributed by atoms with Crippen LogP contribution in [0.15, 0.2) is 12.3 Å². The average Bonchev–Trinajstić information content (AvgIpc) is 2.68. The van der Waals surface area contributed by atoms with Crippen molar-refractivity contribution in [2.75, 3.05) is 29.9 Å². The third-order valence-corrected chi connectivity index (χ3v) is 3.38. The molecule has 1 aromatic heterocycles. The fraction of sp³-hybridized carbons (Fsp3) is 0.714. The molecule has 18 heavy (non-hydrogen) atoms. The van der Waals surface area contributed by atoms with Crippen molar-refractivity contribution in [2.45, 2.75) is 45.4 Å². The number of hydrogen-bond acceptors (Lipinski definition) is 4. The Labute approximate surface area is 110 Å². The Bertz CT molecular complexity index is 345. The van der Waals surface area contributed by atoms with Gasteiger partial charge in [-0.15, -0.1) is 0 Å². The zero-order valence-corrected chi connectivity index (χ0v) is 11.4. The predicted octanol–water partition coefficient (Wildman–Crippen LogP) is 3.07. The number of nitrogens with one attached hydrogen (secondary N) is 1. The maximum Gasteiger partial charge on any atom is 0.224 e. The standard InChI is InChI=1S/C14H24N4/c1-2-3-9-15-14-16-10-8-13(17-14)18-11-6-4-5-7-12-18/h8,10H,2-7,9,11-12H2,1H3,(H,15,16,17). The number of unbranched alkanes of at least 4 members (excludes halogenated alkanes) is 1. The van der Waals surface area contributed by atoms with Gasteiger partial charge in [0.25, 0.3) is 0 Å². The number of anilines is 2. The Morgan fingerprint density at radius 1 is 1.22 bits per heavy atom. The van der Waals surface area contributed by atoms with Crippen LogP contribution >= 0.6 is 0 Å². The van der Waals surface area contributed by atoms with E-state index >= 15 is 0 Å². The summed E-state index contributed by atoms with van der Waals surface area (Å²) in [5, 5.41) is 3.29. The summed E-state index contributed by atoms with van der Waals surface area (Å²) < 4.78 is 0. The number of nitrogens with zero attached hydrogens (tertiary/aromatic N) is 3. The summed E-state index contributed by atoms with van der Waals surface area (Å²) in [6.45, 7) is 5.41. The van der Waals surface area contributed by atoms with Crippen molar-refractivity contribution in [3.63, 3.8) is 0 Å². The highest BCUT2D eigenvalue weighted by molar-refractivity contribution is 5.42. The van der Waals surface area contributed by atoms with Crippen molar-refractivity contribution in [2.24, 2.45) is 0 Å². The zero-order valence-electron chi connectivity index (χ0n) is 11.4. The van der Waals surface area contributed by atoms with E-state index in [1.54, 1.807) is 0 Å². The molecule has 0 spiro atoms. The summed E-state index contributed by atoms with van der Waals surface area (Å²) in [4.78, 5) is 11.3. The van der Waals surface area contributed by atoms with Gasteiger partial charge in [0.2, 0.25) is 5.95 Å². The molecule has 0 radical (unpaired) electrons. The Kier molecular flexibility index (Phi) is 5.24. The van der Waals surface area contributed by atoms with Crippen LogP contribution in [0.3, 0.4) is 0 Å². The van der Waals surface area contributed by atoms with Crippen molar-refractivity contribution in [1.29, 1.82) is 0 Å². The van der Waals surface area contributed by atoms with Crippen LogP contribution < -0.4 is 10.2 Å². The largest absolute Gasteiger partial charge is 0.356 e. The molecule has 1 fully saturated rings. The van der Waals surface area contributed by atoms with Gasteiger partial charge in [0.05, 0.1) is 0 Å². The minimum atomic E-state index is 0.769. The van der Waals surface area contributed by atoms with Gasteiger partial charge in [-0.05, 0) is 25.3 Å². The quantitative estimate of drug-likeness (QED) is 0.813. The Hall–Kier alpha value is -1.32. The molecule has 0 saturated carbocycles.